The second kappa shape index (κ2) is 6.99. The molecule has 4 nitrogen and oxygen atoms in total. The first-order chi connectivity index (χ1) is 9.75. The number of aromatic nitrogens is 1. The van der Waals surface area contributed by atoms with E-state index in [0.29, 0.717) is 11.3 Å². The average molecular weight is 265 g/mol. The second-order valence-corrected chi connectivity index (χ2v) is 4.18. The predicted molar refractivity (Wildman–Crippen MR) is 80.3 cm³/mol. The number of hydrogen-bond donors (Lipinski definition) is 1. The number of rotatable bonds is 4. The third-order valence-corrected chi connectivity index (χ3v) is 2.57. The summed E-state index contributed by atoms with van der Waals surface area (Å²) in [6.07, 6.45) is 6.90. The molecule has 0 bridgehead atoms. The summed E-state index contributed by atoms with van der Waals surface area (Å²) in [5, 5.41) is 4.02. The Balaban J connectivity index is 1.95. The smallest absolute Gasteiger partial charge is 0.267 e. The van der Waals surface area contributed by atoms with Gasteiger partial charge in [0, 0.05) is 12.4 Å². The molecule has 0 saturated carbocycles. The molecular formula is C16H15N3O. The van der Waals surface area contributed by atoms with Crippen molar-refractivity contribution >= 4 is 17.7 Å². The number of hydrogen-bond acceptors (Lipinski definition) is 3. The fourth-order valence-corrected chi connectivity index (χ4v) is 1.52. The van der Waals surface area contributed by atoms with E-state index in [-0.39, 0.29) is 5.91 Å². The lowest BCUT2D eigenvalue weighted by Crippen LogP contribution is -2.18. The molecule has 2 aromatic rings. The maximum atomic E-state index is 11.7. The van der Waals surface area contributed by atoms with Gasteiger partial charge in [0.25, 0.3) is 5.91 Å². The third kappa shape index (κ3) is 4.17. The van der Waals surface area contributed by atoms with Gasteiger partial charge in [0.2, 0.25) is 0 Å². The molecule has 0 unspecified atom stereocenters. The van der Waals surface area contributed by atoms with Crippen LogP contribution in [0.4, 0.5) is 0 Å². The highest BCUT2D eigenvalue weighted by atomic mass is 16.2. The molecule has 0 atom stereocenters. The van der Waals surface area contributed by atoms with Crippen molar-refractivity contribution in [1.82, 2.24) is 10.4 Å². The Kier molecular flexibility index (Phi) is 4.78. The topological polar surface area (TPSA) is 54.4 Å². The molecule has 1 aromatic carbocycles. The summed E-state index contributed by atoms with van der Waals surface area (Å²) in [6.45, 7) is 1.82. The lowest BCUT2D eigenvalue weighted by Gasteiger charge is -1.99. The van der Waals surface area contributed by atoms with Crippen LogP contribution in [0.2, 0.25) is 0 Å². The Hall–Kier alpha value is -2.75. The van der Waals surface area contributed by atoms with E-state index in [0.717, 1.165) is 5.56 Å². The molecule has 0 fully saturated rings. The fourth-order valence-electron chi connectivity index (χ4n) is 1.52. The van der Waals surface area contributed by atoms with E-state index in [1.165, 1.54) is 6.20 Å². The monoisotopic (exact) mass is 265 g/mol. The van der Waals surface area contributed by atoms with Gasteiger partial charge in [0.15, 0.2) is 0 Å². The number of nitrogens with zero attached hydrogens (tertiary/aromatic N) is 2. The molecule has 1 N–H and O–H groups in total. The predicted octanol–water partition coefficient (Wildman–Crippen LogP) is 2.90. The summed E-state index contributed by atoms with van der Waals surface area (Å²) in [5.41, 5.74) is 4.77. The van der Waals surface area contributed by atoms with Crippen LogP contribution >= 0.6 is 0 Å². The van der Waals surface area contributed by atoms with Crippen LogP contribution in [0.1, 0.15) is 22.8 Å². The molecule has 1 heterocycles. The van der Waals surface area contributed by atoms with Crippen molar-refractivity contribution in [3.8, 4) is 0 Å². The Morgan fingerprint density at radius 2 is 2.00 bits per heavy atom. The van der Waals surface area contributed by atoms with Crippen LogP contribution in [0.25, 0.3) is 6.08 Å². The van der Waals surface area contributed by atoms with Crippen LogP contribution in [-0.4, -0.2) is 16.6 Å². The molecule has 0 saturated heterocycles. The molecule has 4 heteroatoms. The summed E-state index contributed by atoms with van der Waals surface area (Å²) in [6, 6.07) is 13.3. The van der Waals surface area contributed by atoms with Crippen molar-refractivity contribution in [3.05, 3.63) is 72.1 Å². The van der Waals surface area contributed by atoms with Crippen LogP contribution in [0.5, 0.6) is 0 Å². The summed E-state index contributed by atoms with van der Waals surface area (Å²) in [4.78, 5) is 15.6. The van der Waals surface area contributed by atoms with E-state index >= 15 is 0 Å². The first-order valence-electron chi connectivity index (χ1n) is 6.23. The maximum Gasteiger partial charge on any atom is 0.272 e. The van der Waals surface area contributed by atoms with E-state index in [2.05, 4.69) is 15.5 Å². The summed E-state index contributed by atoms with van der Waals surface area (Å²) < 4.78 is 0. The van der Waals surface area contributed by atoms with E-state index < -0.39 is 0 Å². The number of hydrazone groups is 1. The van der Waals surface area contributed by atoms with Crippen LogP contribution in [-0.2, 0) is 0 Å². The van der Waals surface area contributed by atoms with Crippen LogP contribution < -0.4 is 5.43 Å². The quantitative estimate of drug-likeness (QED) is 0.682. The maximum absolute atomic E-state index is 11.7. The van der Waals surface area contributed by atoms with Crippen molar-refractivity contribution < 1.29 is 4.79 Å². The Morgan fingerprint density at radius 1 is 1.20 bits per heavy atom. The summed E-state index contributed by atoms with van der Waals surface area (Å²) in [5.74, 6) is -0.273. The van der Waals surface area contributed by atoms with E-state index in [1.54, 1.807) is 18.3 Å². The van der Waals surface area contributed by atoms with Gasteiger partial charge in [-0.1, -0.05) is 36.4 Å². The molecule has 100 valence electrons. The molecule has 0 spiro atoms. The third-order valence-electron chi connectivity index (χ3n) is 2.57. The number of benzene rings is 1. The van der Waals surface area contributed by atoms with E-state index in [9.17, 15) is 4.79 Å². The molecule has 20 heavy (non-hydrogen) atoms. The molecule has 2 rings (SSSR count). The minimum Gasteiger partial charge on any atom is -0.267 e. The van der Waals surface area contributed by atoms with Gasteiger partial charge in [-0.05, 0) is 30.7 Å². The second-order valence-electron chi connectivity index (χ2n) is 4.18. The van der Waals surface area contributed by atoms with Crippen LogP contribution in [0.15, 0.2) is 66.0 Å². The van der Waals surface area contributed by atoms with Crippen molar-refractivity contribution in [1.29, 1.82) is 0 Å². The molecule has 1 amide bonds. The fraction of sp³-hybridized carbons (Fsp3) is 0.0625. The zero-order valence-corrected chi connectivity index (χ0v) is 11.2. The zero-order chi connectivity index (χ0) is 14.2. The summed E-state index contributed by atoms with van der Waals surface area (Å²) >= 11 is 0. The lowest BCUT2D eigenvalue weighted by molar-refractivity contribution is 0.0954. The summed E-state index contributed by atoms with van der Waals surface area (Å²) in [7, 11) is 0. The lowest BCUT2D eigenvalue weighted by atomic mass is 10.2. The first-order valence-corrected chi connectivity index (χ1v) is 6.23. The Morgan fingerprint density at radius 3 is 2.70 bits per heavy atom. The highest BCUT2D eigenvalue weighted by Gasteiger charge is 2.02. The first kappa shape index (κ1) is 13.7. The number of amides is 1. The molecular weight excluding hydrogens is 250 g/mol. The molecule has 0 radical (unpaired) electrons. The van der Waals surface area contributed by atoms with E-state index in [4.69, 9.17) is 0 Å². The minimum absolute atomic E-state index is 0.273. The number of carbonyl (C=O) groups is 1. The highest BCUT2D eigenvalue weighted by molar-refractivity contribution is 5.99. The Labute approximate surface area is 117 Å². The molecule has 0 aliphatic heterocycles. The van der Waals surface area contributed by atoms with Crippen LogP contribution in [0.3, 0.4) is 0 Å². The van der Waals surface area contributed by atoms with Gasteiger partial charge in [-0.25, -0.2) is 5.43 Å². The highest BCUT2D eigenvalue weighted by Crippen LogP contribution is 2.01. The number of allylic oxidation sites excluding steroid dienone is 1. The van der Waals surface area contributed by atoms with Gasteiger partial charge in [0.1, 0.15) is 0 Å². The molecule has 0 aliphatic carbocycles. The number of pyridine rings is 1. The van der Waals surface area contributed by atoms with Crippen molar-refractivity contribution in [2.75, 3.05) is 0 Å². The molecule has 1 aromatic heterocycles. The van der Waals surface area contributed by atoms with Gasteiger partial charge in [-0.15, -0.1) is 0 Å². The number of nitrogens with one attached hydrogen (secondary N) is 1. The van der Waals surface area contributed by atoms with Gasteiger partial charge in [-0.3, -0.25) is 9.78 Å². The van der Waals surface area contributed by atoms with Crippen molar-refractivity contribution in [3.63, 3.8) is 0 Å². The SMILES string of the molecule is CC(/C=C/c1ccccc1)=N/NC(=O)c1cccnc1. The number of carbonyl (C=O) groups excluding carboxylic acids is 1. The normalized spacial score (nSPS) is 11.6. The minimum atomic E-state index is -0.273. The van der Waals surface area contributed by atoms with Gasteiger partial charge < -0.3 is 0 Å². The van der Waals surface area contributed by atoms with Crippen molar-refractivity contribution in [2.24, 2.45) is 5.10 Å². The largest absolute Gasteiger partial charge is 0.272 e. The van der Waals surface area contributed by atoms with Crippen molar-refractivity contribution in [2.45, 2.75) is 6.92 Å². The van der Waals surface area contributed by atoms with E-state index in [1.807, 2.05) is 49.4 Å². The van der Waals surface area contributed by atoms with Gasteiger partial charge >= 0.3 is 0 Å². The van der Waals surface area contributed by atoms with Gasteiger partial charge in [0.05, 0.1) is 11.3 Å². The standard InChI is InChI=1S/C16H15N3O/c1-13(9-10-14-6-3-2-4-7-14)18-19-16(20)15-8-5-11-17-12-15/h2-12H,1H3,(H,19,20)/b10-9+,18-13-. The Bertz CT molecular complexity index is 619. The van der Waals surface area contributed by atoms with Crippen LogP contribution in [0, 0.1) is 0 Å². The zero-order valence-electron chi connectivity index (χ0n) is 11.2. The van der Waals surface area contributed by atoms with Gasteiger partial charge in [-0.2, -0.15) is 5.10 Å². The molecule has 0 aliphatic rings. The average Bonchev–Trinajstić information content (AvgIpc) is 2.52.